The highest BCUT2D eigenvalue weighted by molar-refractivity contribution is 6.15. The summed E-state index contributed by atoms with van der Waals surface area (Å²) in [5.74, 6) is 0. The van der Waals surface area contributed by atoms with Crippen LogP contribution in [0.3, 0.4) is 0 Å². The molecule has 2 rings (SSSR count). The van der Waals surface area contributed by atoms with Crippen LogP contribution in [0.25, 0.3) is 10.8 Å². The molecule has 0 aliphatic heterocycles. The normalized spacial score (nSPS) is 9.15. The average Bonchev–Trinajstić information content (AvgIpc) is 2.21. The van der Waals surface area contributed by atoms with Crippen molar-refractivity contribution in [2.24, 2.45) is 0 Å². The van der Waals surface area contributed by atoms with Gasteiger partial charge in [0.2, 0.25) is 0 Å². The Balaban J connectivity index is 0.000000396. The Labute approximate surface area is 84.2 Å². The van der Waals surface area contributed by atoms with Gasteiger partial charge >= 0.3 is 0 Å². The number of hydrogen-bond acceptors (Lipinski definition) is 0. The first-order valence-electron chi connectivity index (χ1n) is 4.19. The fourth-order valence-electron chi connectivity index (χ4n) is 1.31. The quantitative estimate of drug-likeness (QED) is 0.554. The molecule has 2 aromatic rings. The summed E-state index contributed by atoms with van der Waals surface area (Å²) in [4.78, 5) is 0. The molecule has 0 heterocycles. The highest BCUT2D eigenvalue weighted by atomic mass is 35.5. The smallest absolute Gasteiger partial charge is 0.0108 e. The summed E-state index contributed by atoms with van der Waals surface area (Å²) < 4.78 is 0. The van der Waals surface area contributed by atoms with Crippen molar-refractivity contribution in [1.82, 2.24) is 0 Å². The lowest BCUT2D eigenvalue weighted by atomic mass is 10.1. The van der Waals surface area contributed by atoms with Crippen molar-refractivity contribution in [2.75, 3.05) is 6.38 Å². The molecule has 0 saturated carbocycles. The van der Waals surface area contributed by atoms with Gasteiger partial charge in [-0.15, -0.1) is 11.6 Å². The molecule has 0 aromatic heterocycles. The van der Waals surface area contributed by atoms with E-state index in [1.165, 1.54) is 22.7 Å². The van der Waals surface area contributed by atoms with E-state index in [1.54, 1.807) is 0 Å². The predicted molar refractivity (Wildman–Crippen MR) is 60.5 cm³/mol. The zero-order valence-corrected chi connectivity index (χ0v) is 8.68. The molecule has 68 valence electrons. The third kappa shape index (κ3) is 2.46. The van der Waals surface area contributed by atoms with Gasteiger partial charge in [0.25, 0.3) is 0 Å². The minimum atomic E-state index is 1.32. The highest BCUT2D eigenvalue weighted by Gasteiger charge is 1.89. The Morgan fingerprint density at radius 3 is 2.15 bits per heavy atom. The van der Waals surface area contributed by atoms with Gasteiger partial charge < -0.3 is 0 Å². The summed E-state index contributed by atoms with van der Waals surface area (Å²) in [6.45, 7) is 2.12. The van der Waals surface area contributed by atoms with E-state index in [9.17, 15) is 0 Å². The second kappa shape index (κ2) is 4.88. The third-order valence-corrected chi connectivity index (χ3v) is 1.90. The molecule has 0 radical (unpaired) electrons. The Morgan fingerprint density at radius 1 is 0.846 bits per heavy atom. The fourth-order valence-corrected chi connectivity index (χ4v) is 1.31. The molecule has 0 nitrogen and oxygen atoms in total. The summed E-state index contributed by atoms with van der Waals surface area (Å²) in [6, 6.07) is 14.9. The highest BCUT2D eigenvalue weighted by Crippen LogP contribution is 2.14. The molecule has 0 spiro atoms. The van der Waals surface area contributed by atoms with Gasteiger partial charge in [0.05, 0.1) is 0 Å². The number of hydrogen-bond donors (Lipinski definition) is 0. The second-order valence-corrected chi connectivity index (χ2v) is 2.85. The lowest BCUT2D eigenvalue weighted by molar-refractivity contribution is 1.51. The van der Waals surface area contributed by atoms with E-state index in [0.717, 1.165) is 0 Å². The number of halogens is 1. The van der Waals surface area contributed by atoms with Crippen LogP contribution in [0.15, 0.2) is 42.5 Å². The van der Waals surface area contributed by atoms with E-state index in [0.29, 0.717) is 0 Å². The molecule has 0 aliphatic rings. The summed E-state index contributed by atoms with van der Waals surface area (Å²) in [5.41, 5.74) is 1.32. The number of fused-ring (bicyclic) bond motifs is 1. The van der Waals surface area contributed by atoms with Gasteiger partial charge in [-0.25, -0.2) is 0 Å². The molecule has 13 heavy (non-hydrogen) atoms. The Kier molecular flexibility index (Phi) is 3.78. The Hall–Kier alpha value is -1.01. The van der Waals surface area contributed by atoms with Crippen LogP contribution in [0.4, 0.5) is 0 Å². The number of alkyl halides is 1. The number of rotatable bonds is 0. The van der Waals surface area contributed by atoms with E-state index in [2.05, 4.69) is 61.0 Å². The largest absolute Gasteiger partial charge is 0.130 e. The van der Waals surface area contributed by atoms with Gasteiger partial charge in [-0.3, -0.25) is 0 Å². The predicted octanol–water partition coefficient (Wildman–Crippen LogP) is 4.00. The summed E-state index contributed by atoms with van der Waals surface area (Å²) in [6.07, 6.45) is 1.47. The maximum Gasteiger partial charge on any atom is 0.0108 e. The first-order chi connectivity index (χ1) is 6.36. The molecular formula is C12H13Cl. The van der Waals surface area contributed by atoms with Crippen LogP contribution in [0.2, 0.25) is 0 Å². The van der Waals surface area contributed by atoms with Crippen LogP contribution in [-0.4, -0.2) is 6.38 Å². The van der Waals surface area contributed by atoms with Crippen molar-refractivity contribution in [3.63, 3.8) is 0 Å². The molecule has 0 fully saturated rings. The first-order valence-corrected chi connectivity index (χ1v) is 4.95. The molecule has 2 aromatic carbocycles. The SMILES string of the molecule is CCl.Cc1ccc2ccccc2c1. The van der Waals surface area contributed by atoms with Crippen LogP contribution < -0.4 is 0 Å². The third-order valence-electron chi connectivity index (χ3n) is 1.90. The van der Waals surface area contributed by atoms with E-state index < -0.39 is 0 Å². The number of benzene rings is 2. The van der Waals surface area contributed by atoms with Gasteiger partial charge in [0.15, 0.2) is 0 Å². The van der Waals surface area contributed by atoms with Crippen molar-refractivity contribution < 1.29 is 0 Å². The molecule has 0 unspecified atom stereocenters. The minimum Gasteiger partial charge on any atom is -0.130 e. The zero-order chi connectivity index (χ0) is 9.68. The molecule has 1 heteroatoms. The minimum absolute atomic E-state index is 1.32. The van der Waals surface area contributed by atoms with Gasteiger partial charge in [-0.05, 0) is 17.7 Å². The van der Waals surface area contributed by atoms with Gasteiger partial charge in [0, 0.05) is 6.38 Å². The van der Waals surface area contributed by atoms with Crippen molar-refractivity contribution in [1.29, 1.82) is 0 Å². The lowest BCUT2D eigenvalue weighted by Gasteiger charge is -1.96. The van der Waals surface area contributed by atoms with Crippen LogP contribution in [-0.2, 0) is 0 Å². The monoisotopic (exact) mass is 192 g/mol. The first kappa shape index (κ1) is 10.1. The average molecular weight is 193 g/mol. The van der Waals surface area contributed by atoms with E-state index in [-0.39, 0.29) is 0 Å². The van der Waals surface area contributed by atoms with Crippen LogP contribution in [0, 0.1) is 6.92 Å². The van der Waals surface area contributed by atoms with E-state index >= 15 is 0 Å². The van der Waals surface area contributed by atoms with Crippen LogP contribution in [0.5, 0.6) is 0 Å². The molecule has 0 N–H and O–H groups in total. The summed E-state index contributed by atoms with van der Waals surface area (Å²) in [7, 11) is 0. The van der Waals surface area contributed by atoms with E-state index in [1.807, 2.05) is 0 Å². The van der Waals surface area contributed by atoms with Crippen molar-refractivity contribution in [3.8, 4) is 0 Å². The van der Waals surface area contributed by atoms with Crippen molar-refractivity contribution in [3.05, 3.63) is 48.0 Å². The molecule has 0 amide bonds. The molecule has 0 saturated heterocycles. The number of aryl methyl sites for hydroxylation is 1. The topological polar surface area (TPSA) is 0 Å². The van der Waals surface area contributed by atoms with Crippen LogP contribution in [0.1, 0.15) is 5.56 Å². The lowest BCUT2D eigenvalue weighted by Crippen LogP contribution is -1.73. The maximum atomic E-state index is 4.64. The molecular weight excluding hydrogens is 180 g/mol. The maximum absolute atomic E-state index is 4.64. The van der Waals surface area contributed by atoms with Crippen molar-refractivity contribution in [2.45, 2.75) is 6.92 Å². The fraction of sp³-hybridized carbons (Fsp3) is 0.167. The Morgan fingerprint density at radius 2 is 1.46 bits per heavy atom. The van der Waals surface area contributed by atoms with Crippen LogP contribution >= 0.6 is 11.6 Å². The van der Waals surface area contributed by atoms with E-state index in [4.69, 9.17) is 0 Å². The van der Waals surface area contributed by atoms with Crippen molar-refractivity contribution >= 4 is 22.4 Å². The summed E-state index contributed by atoms with van der Waals surface area (Å²) in [5, 5.41) is 2.64. The molecule has 0 aliphatic carbocycles. The zero-order valence-electron chi connectivity index (χ0n) is 7.92. The molecule has 0 atom stereocenters. The van der Waals surface area contributed by atoms with Gasteiger partial charge in [-0.2, -0.15) is 0 Å². The second-order valence-electron chi connectivity index (χ2n) is 2.85. The Bertz CT molecular complexity index is 380. The standard InChI is InChI=1S/C11H10.CH3Cl/c1-9-6-7-10-4-2-3-5-11(10)8-9;1-2/h2-8H,1H3;1H3. The van der Waals surface area contributed by atoms with Gasteiger partial charge in [-0.1, -0.05) is 48.0 Å². The summed E-state index contributed by atoms with van der Waals surface area (Å²) >= 11 is 4.64. The molecule has 0 bridgehead atoms. The van der Waals surface area contributed by atoms with Gasteiger partial charge in [0.1, 0.15) is 0 Å².